The second-order valence-electron chi connectivity index (χ2n) is 8.28. The fourth-order valence-electron chi connectivity index (χ4n) is 3.64. The molecule has 1 aromatic carbocycles. The van der Waals surface area contributed by atoms with E-state index in [4.69, 9.17) is 19.5 Å². The molecule has 16 heteroatoms. The number of halogens is 1. The summed E-state index contributed by atoms with van der Waals surface area (Å²) >= 11 is 0. The number of carbonyl (C=O) groups is 1. The van der Waals surface area contributed by atoms with E-state index in [1.807, 2.05) is 0 Å². The molecule has 0 aliphatic carbocycles. The van der Waals surface area contributed by atoms with Crippen LogP contribution in [0.2, 0.25) is 0 Å². The van der Waals surface area contributed by atoms with E-state index in [0.717, 1.165) is 17.8 Å². The Bertz CT molecular complexity index is 1370. The van der Waals surface area contributed by atoms with Gasteiger partial charge in [-0.15, -0.1) is 0 Å². The van der Waals surface area contributed by atoms with Gasteiger partial charge in [0.2, 0.25) is 5.95 Å². The first kappa shape index (κ1) is 25.7. The second kappa shape index (κ2) is 9.59. The molecular weight excluding hydrogens is 502 g/mol. The number of benzene rings is 1. The number of rotatable bonds is 9. The lowest BCUT2D eigenvalue weighted by molar-refractivity contribution is -0.138. The molecule has 0 amide bonds. The van der Waals surface area contributed by atoms with Crippen molar-refractivity contribution >= 4 is 30.8 Å². The van der Waals surface area contributed by atoms with Gasteiger partial charge in [0.1, 0.15) is 24.0 Å². The molecular formula is C20H24FN6O8P. The predicted molar refractivity (Wildman–Crippen MR) is 123 cm³/mol. The van der Waals surface area contributed by atoms with Crippen molar-refractivity contribution in [3.05, 3.63) is 47.0 Å². The highest BCUT2D eigenvalue weighted by Crippen LogP contribution is 2.47. The summed E-state index contributed by atoms with van der Waals surface area (Å²) in [5, 5.41) is 22.1. The lowest BCUT2D eigenvalue weighted by Crippen LogP contribution is -2.41. The Labute approximate surface area is 202 Å². The zero-order valence-corrected chi connectivity index (χ0v) is 20.0. The lowest BCUT2D eigenvalue weighted by atomic mass is 9.98. The fourth-order valence-corrected chi connectivity index (χ4v) is 5.15. The van der Waals surface area contributed by atoms with Crippen LogP contribution in [0.4, 0.5) is 10.3 Å². The summed E-state index contributed by atoms with van der Waals surface area (Å²) in [6.45, 7) is 1.64. The van der Waals surface area contributed by atoms with Gasteiger partial charge in [-0.05, 0) is 26.0 Å². The Kier molecular flexibility index (Phi) is 6.86. The molecule has 1 saturated heterocycles. The van der Waals surface area contributed by atoms with Crippen molar-refractivity contribution in [1.29, 1.82) is 0 Å². The second-order valence-corrected chi connectivity index (χ2v) is 9.98. The maximum Gasteiger partial charge on any atom is 0.459 e. The molecule has 1 aliphatic heterocycles. The Balaban J connectivity index is 1.57. The summed E-state index contributed by atoms with van der Waals surface area (Å²) in [5.74, 6) is -1.44. The van der Waals surface area contributed by atoms with Crippen LogP contribution in [0, 0.1) is 0 Å². The Morgan fingerprint density at radius 2 is 2.14 bits per heavy atom. The normalized spacial score (nSPS) is 26.5. The van der Waals surface area contributed by atoms with Crippen LogP contribution >= 0.6 is 7.75 Å². The highest BCUT2D eigenvalue weighted by molar-refractivity contribution is 7.52. The molecule has 2 aromatic heterocycles. The maximum absolute atomic E-state index is 15.7. The number of carboxylic acid groups (broad SMARTS) is 1. The number of hydrogen-bond donors (Lipinski definition) is 5. The maximum atomic E-state index is 15.7. The number of para-hydroxylation sites is 1. The number of aliphatic hydroxyl groups excluding tert-OH is 1. The Hall–Kier alpha value is -3.36. The van der Waals surface area contributed by atoms with Crippen molar-refractivity contribution in [1.82, 2.24) is 24.6 Å². The third kappa shape index (κ3) is 4.96. The SMILES string of the molecule is CC(NP(=O)(OC[C@H]1O[C@@H](n2cnc3c(=O)[nH]c(N)nc32)[C@](C)(F)[C@@H]1O)Oc1ccccc1)C(=O)O. The molecule has 14 nitrogen and oxygen atoms in total. The number of nitrogen functional groups attached to an aromatic ring is 1. The third-order valence-corrected chi connectivity index (χ3v) is 7.16. The molecule has 2 unspecified atom stereocenters. The highest BCUT2D eigenvalue weighted by Gasteiger charge is 2.56. The number of nitrogens with two attached hydrogens (primary N) is 1. The van der Waals surface area contributed by atoms with Gasteiger partial charge < -0.3 is 25.2 Å². The van der Waals surface area contributed by atoms with E-state index >= 15 is 4.39 Å². The van der Waals surface area contributed by atoms with Crippen molar-refractivity contribution in [2.45, 2.75) is 44.0 Å². The number of hydrogen-bond acceptors (Lipinski definition) is 10. The van der Waals surface area contributed by atoms with E-state index in [1.165, 1.54) is 19.1 Å². The number of carboxylic acids is 1. The number of nitrogens with zero attached hydrogens (tertiary/aromatic N) is 3. The molecule has 6 atom stereocenters. The van der Waals surface area contributed by atoms with Crippen LogP contribution in [-0.2, 0) is 18.6 Å². The molecule has 3 aromatic rings. The summed E-state index contributed by atoms with van der Waals surface area (Å²) < 4.78 is 46.6. The summed E-state index contributed by atoms with van der Waals surface area (Å²) in [4.78, 5) is 33.5. The van der Waals surface area contributed by atoms with Crippen LogP contribution in [0.1, 0.15) is 20.1 Å². The monoisotopic (exact) mass is 526 g/mol. The van der Waals surface area contributed by atoms with Crippen LogP contribution in [0.25, 0.3) is 11.2 Å². The van der Waals surface area contributed by atoms with Gasteiger partial charge in [0.25, 0.3) is 5.56 Å². The van der Waals surface area contributed by atoms with E-state index in [2.05, 4.69) is 20.0 Å². The number of alkyl halides is 1. The molecule has 0 radical (unpaired) electrons. The molecule has 3 heterocycles. The highest BCUT2D eigenvalue weighted by atomic mass is 31.2. The quantitative estimate of drug-likeness (QED) is 0.247. The minimum Gasteiger partial charge on any atom is -0.480 e. The molecule has 0 spiro atoms. The van der Waals surface area contributed by atoms with E-state index < -0.39 is 56.0 Å². The van der Waals surface area contributed by atoms with Crippen LogP contribution in [0.3, 0.4) is 0 Å². The zero-order valence-electron chi connectivity index (χ0n) is 19.1. The Morgan fingerprint density at radius 1 is 1.44 bits per heavy atom. The summed E-state index contributed by atoms with van der Waals surface area (Å²) in [7, 11) is -4.34. The number of H-pyrrole nitrogens is 1. The molecule has 194 valence electrons. The van der Waals surface area contributed by atoms with Crippen molar-refractivity contribution in [3.63, 3.8) is 0 Å². The number of anilines is 1. The summed E-state index contributed by atoms with van der Waals surface area (Å²) in [6.07, 6.45) is -3.57. The van der Waals surface area contributed by atoms with Crippen LogP contribution in [0.15, 0.2) is 41.5 Å². The number of imidazole rings is 1. The molecule has 1 fully saturated rings. The van der Waals surface area contributed by atoms with Crippen molar-refractivity contribution in [2.24, 2.45) is 0 Å². The predicted octanol–water partition coefficient (Wildman–Crippen LogP) is 0.955. The van der Waals surface area contributed by atoms with E-state index in [0.29, 0.717) is 0 Å². The molecule has 0 saturated carbocycles. The van der Waals surface area contributed by atoms with E-state index in [9.17, 15) is 24.4 Å². The van der Waals surface area contributed by atoms with Crippen molar-refractivity contribution in [3.8, 4) is 5.75 Å². The molecule has 1 aliphatic rings. The average Bonchev–Trinajstić information content (AvgIpc) is 3.31. The fraction of sp³-hybridized carbons (Fsp3) is 0.400. The minimum atomic E-state index is -4.34. The first-order chi connectivity index (χ1) is 16.9. The molecule has 0 bridgehead atoms. The number of aromatic amines is 1. The van der Waals surface area contributed by atoms with Gasteiger partial charge in [-0.1, -0.05) is 18.2 Å². The standard InChI is InChI=1S/C20H24FN6O8P/c1-10(17(30)31)26-36(32,35-11-6-4-3-5-7-11)33-8-12-14(28)20(2,21)18(34-12)27-9-23-13-15(27)24-19(22)25-16(13)29/h3-7,9-10,12,14,18,28H,8H2,1-2H3,(H,26,32)(H,30,31)(H3,22,24,25,29)/t10?,12-,14-,18-,20-,36?/m1/s1. The number of aliphatic hydroxyl groups is 1. The van der Waals surface area contributed by atoms with Gasteiger partial charge in [-0.25, -0.2) is 13.9 Å². The smallest absolute Gasteiger partial charge is 0.459 e. The van der Waals surface area contributed by atoms with Crippen LogP contribution < -0.4 is 20.9 Å². The van der Waals surface area contributed by atoms with Gasteiger partial charge in [0.05, 0.1) is 12.9 Å². The van der Waals surface area contributed by atoms with E-state index in [1.54, 1.807) is 18.2 Å². The van der Waals surface area contributed by atoms with Crippen molar-refractivity contribution < 1.29 is 37.7 Å². The first-order valence-electron chi connectivity index (χ1n) is 10.7. The summed E-state index contributed by atoms with van der Waals surface area (Å²) in [6, 6.07) is 6.51. The van der Waals surface area contributed by atoms with Gasteiger partial charge in [-0.3, -0.25) is 23.7 Å². The largest absolute Gasteiger partial charge is 0.480 e. The number of ether oxygens (including phenoxy) is 1. The minimum absolute atomic E-state index is 0.0751. The molecule has 6 N–H and O–H groups in total. The number of nitrogens with one attached hydrogen (secondary N) is 2. The Morgan fingerprint density at radius 3 is 2.81 bits per heavy atom. The number of aromatic nitrogens is 4. The topological polar surface area (TPSA) is 204 Å². The molecule has 4 rings (SSSR count). The van der Waals surface area contributed by atoms with Crippen LogP contribution in [0.5, 0.6) is 5.75 Å². The zero-order chi connectivity index (χ0) is 26.3. The first-order valence-corrected chi connectivity index (χ1v) is 12.2. The number of fused-ring (bicyclic) bond motifs is 1. The lowest BCUT2D eigenvalue weighted by Gasteiger charge is -2.25. The summed E-state index contributed by atoms with van der Waals surface area (Å²) in [5.41, 5.74) is 2.31. The average molecular weight is 526 g/mol. The van der Waals surface area contributed by atoms with Gasteiger partial charge in [0, 0.05) is 0 Å². The molecule has 36 heavy (non-hydrogen) atoms. The third-order valence-electron chi connectivity index (χ3n) is 5.52. The van der Waals surface area contributed by atoms with E-state index in [-0.39, 0.29) is 22.9 Å². The van der Waals surface area contributed by atoms with Crippen LogP contribution in [-0.4, -0.2) is 66.2 Å². The van der Waals surface area contributed by atoms with Gasteiger partial charge in [-0.2, -0.15) is 10.1 Å². The van der Waals surface area contributed by atoms with Crippen molar-refractivity contribution in [2.75, 3.05) is 12.3 Å². The number of aliphatic carboxylic acids is 1. The van der Waals surface area contributed by atoms with Gasteiger partial charge in [0.15, 0.2) is 23.1 Å². The van der Waals surface area contributed by atoms with Gasteiger partial charge >= 0.3 is 13.7 Å².